The lowest BCUT2D eigenvalue weighted by Crippen LogP contribution is -2.44. The standard InChI is InChI=1S/C16H27BrN2O2/c1-16(2,3)21-15(20)19-10-4-13(5-11-19)12-18-8-6-14(17)7-9-18/h6,13H,4-5,7-12H2,1-3H3. The van der Waals surface area contributed by atoms with Gasteiger partial charge in [-0.25, -0.2) is 4.79 Å². The smallest absolute Gasteiger partial charge is 0.410 e. The van der Waals surface area contributed by atoms with E-state index in [1.807, 2.05) is 25.7 Å². The van der Waals surface area contributed by atoms with Gasteiger partial charge in [-0.2, -0.15) is 0 Å². The van der Waals surface area contributed by atoms with E-state index in [9.17, 15) is 4.79 Å². The van der Waals surface area contributed by atoms with Crippen molar-refractivity contribution in [3.8, 4) is 0 Å². The zero-order valence-corrected chi connectivity index (χ0v) is 15.0. The van der Waals surface area contributed by atoms with Crippen LogP contribution in [0.25, 0.3) is 0 Å². The quantitative estimate of drug-likeness (QED) is 0.755. The Bertz CT molecular complexity index is 396. The van der Waals surface area contributed by atoms with Crippen LogP contribution in [-0.2, 0) is 4.74 Å². The van der Waals surface area contributed by atoms with Crippen molar-refractivity contribution in [2.75, 3.05) is 32.7 Å². The molecule has 4 nitrogen and oxygen atoms in total. The molecular formula is C16H27BrN2O2. The van der Waals surface area contributed by atoms with Gasteiger partial charge in [0.15, 0.2) is 0 Å². The lowest BCUT2D eigenvalue weighted by Gasteiger charge is -2.36. The van der Waals surface area contributed by atoms with Crippen LogP contribution in [0.5, 0.6) is 0 Å². The number of halogens is 1. The summed E-state index contributed by atoms with van der Waals surface area (Å²) in [5.41, 5.74) is -0.401. The molecule has 0 aliphatic carbocycles. The number of piperidine rings is 1. The average molecular weight is 359 g/mol. The summed E-state index contributed by atoms with van der Waals surface area (Å²) in [5, 5.41) is 0. The molecule has 0 aromatic carbocycles. The largest absolute Gasteiger partial charge is 0.444 e. The molecule has 0 atom stereocenters. The Kier molecular flexibility index (Phi) is 5.72. The molecule has 0 N–H and O–H groups in total. The first-order valence-corrected chi connectivity index (χ1v) is 8.67. The Hall–Kier alpha value is -0.550. The van der Waals surface area contributed by atoms with Crippen LogP contribution >= 0.6 is 15.9 Å². The van der Waals surface area contributed by atoms with Crippen molar-refractivity contribution in [1.29, 1.82) is 0 Å². The lowest BCUT2D eigenvalue weighted by molar-refractivity contribution is 0.0171. The summed E-state index contributed by atoms with van der Waals surface area (Å²) in [6.45, 7) is 10.7. The SMILES string of the molecule is CC(C)(C)OC(=O)N1CCC(CN2CC=C(Br)CC2)CC1. The summed E-state index contributed by atoms with van der Waals surface area (Å²) in [4.78, 5) is 16.4. The molecule has 2 rings (SSSR count). The summed E-state index contributed by atoms with van der Waals surface area (Å²) < 4.78 is 6.77. The number of nitrogens with zero attached hydrogens (tertiary/aromatic N) is 2. The van der Waals surface area contributed by atoms with Crippen LogP contribution in [0.4, 0.5) is 4.79 Å². The first kappa shape index (κ1) is 16.8. The van der Waals surface area contributed by atoms with E-state index in [1.54, 1.807) is 0 Å². The highest BCUT2D eigenvalue weighted by atomic mass is 79.9. The minimum atomic E-state index is -0.401. The van der Waals surface area contributed by atoms with Crippen LogP contribution < -0.4 is 0 Å². The molecule has 1 amide bonds. The monoisotopic (exact) mass is 358 g/mol. The van der Waals surface area contributed by atoms with Crippen molar-refractivity contribution >= 4 is 22.0 Å². The molecule has 2 aliphatic heterocycles. The van der Waals surface area contributed by atoms with E-state index < -0.39 is 5.60 Å². The van der Waals surface area contributed by atoms with E-state index in [1.165, 1.54) is 4.48 Å². The molecule has 2 aliphatic rings. The Balaban J connectivity index is 1.72. The van der Waals surface area contributed by atoms with Crippen LogP contribution in [0.1, 0.15) is 40.0 Å². The summed E-state index contributed by atoms with van der Waals surface area (Å²) in [7, 11) is 0. The Morgan fingerprint density at radius 2 is 2.00 bits per heavy atom. The van der Waals surface area contributed by atoms with E-state index in [2.05, 4.69) is 26.9 Å². The summed E-state index contributed by atoms with van der Waals surface area (Å²) >= 11 is 3.56. The van der Waals surface area contributed by atoms with Crippen molar-refractivity contribution in [1.82, 2.24) is 9.80 Å². The second-order valence-electron chi connectivity index (χ2n) is 7.07. The number of likely N-dealkylation sites (tertiary alicyclic amines) is 1. The Morgan fingerprint density at radius 1 is 1.33 bits per heavy atom. The highest BCUT2D eigenvalue weighted by Gasteiger charge is 2.27. The van der Waals surface area contributed by atoms with Crippen molar-refractivity contribution in [2.45, 2.75) is 45.6 Å². The molecule has 1 saturated heterocycles. The maximum Gasteiger partial charge on any atom is 0.410 e. The minimum Gasteiger partial charge on any atom is -0.444 e. The molecule has 0 radical (unpaired) electrons. The van der Waals surface area contributed by atoms with Crippen LogP contribution in [-0.4, -0.2) is 54.2 Å². The number of hydrogen-bond donors (Lipinski definition) is 0. The Morgan fingerprint density at radius 3 is 2.52 bits per heavy atom. The van der Waals surface area contributed by atoms with Crippen molar-refractivity contribution in [3.63, 3.8) is 0 Å². The fourth-order valence-corrected chi connectivity index (χ4v) is 3.16. The molecule has 120 valence electrons. The minimum absolute atomic E-state index is 0.161. The highest BCUT2D eigenvalue weighted by Crippen LogP contribution is 2.23. The second kappa shape index (κ2) is 7.14. The van der Waals surface area contributed by atoms with E-state index in [0.29, 0.717) is 5.92 Å². The number of hydrogen-bond acceptors (Lipinski definition) is 3. The zero-order chi connectivity index (χ0) is 15.5. The molecule has 21 heavy (non-hydrogen) atoms. The first-order chi connectivity index (χ1) is 9.83. The third-order valence-corrected chi connectivity index (χ3v) is 4.74. The van der Waals surface area contributed by atoms with Gasteiger partial charge in [0.1, 0.15) is 5.60 Å². The van der Waals surface area contributed by atoms with Gasteiger partial charge < -0.3 is 9.64 Å². The van der Waals surface area contributed by atoms with Gasteiger partial charge in [-0.15, -0.1) is 0 Å². The van der Waals surface area contributed by atoms with Crippen LogP contribution in [0.2, 0.25) is 0 Å². The molecule has 0 bridgehead atoms. The van der Waals surface area contributed by atoms with Gasteiger partial charge in [-0.3, -0.25) is 4.90 Å². The summed E-state index contributed by atoms with van der Waals surface area (Å²) in [5.74, 6) is 0.703. The molecule has 2 heterocycles. The number of carbonyl (C=O) groups is 1. The van der Waals surface area contributed by atoms with Gasteiger partial charge in [-0.05, 0) is 50.4 Å². The van der Waals surface area contributed by atoms with Gasteiger partial charge >= 0.3 is 6.09 Å². The van der Waals surface area contributed by atoms with E-state index in [0.717, 1.165) is 52.0 Å². The summed E-state index contributed by atoms with van der Waals surface area (Å²) in [6.07, 6.45) is 5.39. The predicted molar refractivity (Wildman–Crippen MR) is 88.6 cm³/mol. The third-order valence-electron chi connectivity index (χ3n) is 4.02. The van der Waals surface area contributed by atoms with Gasteiger partial charge in [0.25, 0.3) is 0 Å². The third kappa shape index (κ3) is 5.62. The second-order valence-corrected chi connectivity index (χ2v) is 8.09. The van der Waals surface area contributed by atoms with Crippen LogP contribution in [0.15, 0.2) is 10.6 Å². The predicted octanol–water partition coefficient (Wildman–Crippen LogP) is 3.62. The zero-order valence-electron chi connectivity index (χ0n) is 13.4. The highest BCUT2D eigenvalue weighted by molar-refractivity contribution is 9.11. The number of amides is 1. The number of rotatable bonds is 2. The fraction of sp³-hybridized carbons (Fsp3) is 0.812. The summed E-state index contributed by atoms with van der Waals surface area (Å²) in [6, 6.07) is 0. The van der Waals surface area contributed by atoms with Crippen molar-refractivity contribution in [3.05, 3.63) is 10.6 Å². The molecule has 0 aromatic heterocycles. The molecule has 0 saturated carbocycles. The van der Waals surface area contributed by atoms with Crippen molar-refractivity contribution in [2.24, 2.45) is 5.92 Å². The van der Waals surface area contributed by atoms with Crippen LogP contribution in [0.3, 0.4) is 0 Å². The maximum absolute atomic E-state index is 12.0. The van der Waals surface area contributed by atoms with Crippen molar-refractivity contribution < 1.29 is 9.53 Å². The topological polar surface area (TPSA) is 32.8 Å². The molecule has 0 spiro atoms. The van der Waals surface area contributed by atoms with E-state index in [4.69, 9.17) is 4.74 Å². The van der Waals surface area contributed by atoms with Crippen LogP contribution in [0, 0.1) is 5.92 Å². The van der Waals surface area contributed by atoms with Gasteiger partial charge in [-0.1, -0.05) is 22.0 Å². The Labute approximate surface area is 136 Å². The molecule has 1 fully saturated rings. The van der Waals surface area contributed by atoms with E-state index in [-0.39, 0.29) is 6.09 Å². The van der Waals surface area contributed by atoms with E-state index >= 15 is 0 Å². The molecule has 0 aromatic rings. The molecular weight excluding hydrogens is 332 g/mol. The number of ether oxygens (including phenoxy) is 1. The lowest BCUT2D eigenvalue weighted by atomic mass is 9.96. The van der Waals surface area contributed by atoms with Gasteiger partial charge in [0, 0.05) is 32.7 Å². The molecule has 0 unspecified atom stereocenters. The van der Waals surface area contributed by atoms with Gasteiger partial charge in [0.2, 0.25) is 0 Å². The maximum atomic E-state index is 12.0. The molecule has 5 heteroatoms. The van der Waals surface area contributed by atoms with Gasteiger partial charge in [0.05, 0.1) is 0 Å². The number of carbonyl (C=O) groups excluding carboxylic acids is 1. The first-order valence-electron chi connectivity index (χ1n) is 7.88. The fourth-order valence-electron chi connectivity index (χ4n) is 2.84. The average Bonchev–Trinajstić information content (AvgIpc) is 2.40. The normalized spacial score (nSPS) is 22.1.